The summed E-state index contributed by atoms with van der Waals surface area (Å²) in [6, 6.07) is 11.1. The van der Waals surface area contributed by atoms with E-state index < -0.39 is 0 Å². The Labute approximate surface area is 117 Å². The van der Waals surface area contributed by atoms with Gasteiger partial charge in [0.2, 0.25) is 0 Å². The number of rotatable bonds is 3. The molecule has 3 nitrogen and oxygen atoms in total. The first-order valence-electron chi connectivity index (χ1n) is 6.40. The highest BCUT2D eigenvalue weighted by Crippen LogP contribution is 2.16. The number of nitrogen functional groups attached to an aromatic ring is 1. The van der Waals surface area contributed by atoms with Gasteiger partial charge in [-0.3, -0.25) is 4.79 Å². The quantitative estimate of drug-likeness (QED) is 0.843. The maximum absolute atomic E-state index is 13.2. The van der Waals surface area contributed by atoms with Gasteiger partial charge in [0.05, 0.1) is 6.04 Å². The number of nitrogens with one attached hydrogen (secondary N) is 1. The van der Waals surface area contributed by atoms with Crippen LogP contribution in [0.15, 0.2) is 42.5 Å². The lowest BCUT2D eigenvalue weighted by Crippen LogP contribution is -2.26. The van der Waals surface area contributed by atoms with Gasteiger partial charge in [0.15, 0.2) is 0 Å². The Bertz CT molecular complexity index is 640. The number of amides is 1. The van der Waals surface area contributed by atoms with Crippen molar-refractivity contribution in [2.45, 2.75) is 19.9 Å². The first-order chi connectivity index (χ1) is 9.47. The molecule has 0 unspecified atom stereocenters. The van der Waals surface area contributed by atoms with Gasteiger partial charge >= 0.3 is 0 Å². The fourth-order valence-electron chi connectivity index (χ4n) is 1.92. The fourth-order valence-corrected chi connectivity index (χ4v) is 1.92. The molecule has 0 aliphatic carbocycles. The van der Waals surface area contributed by atoms with E-state index in [1.807, 2.05) is 13.8 Å². The summed E-state index contributed by atoms with van der Waals surface area (Å²) in [7, 11) is 0. The van der Waals surface area contributed by atoms with Crippen LogP contribution in [0.1, 0.15) is 34.5 Å². The van der Waals surface area contributed by atoms with Gasteiger partial charge in [0, 0.05) is 11.3 Å². The second-order valence-corrected chi connectivity index (χ2v) is 4.82. The van der Waals surface area contributed by atoms with E-state index in [9.17, 15) is 9.18 Å². The van der Waals surface area contributed by atoms with Crippen molar-refractivity contribution in [2.24, 2.45) is 0 Å². The van der Waals surface area contributed by atoms with Crippen molar-refractivity contribution in [3.63, 3.8) is 0 Å². The Balaban J connectivity index is 2.13. The van der Waals surface area contributed by atoms with Crippen molar-refractivity contribution in [3.8, 4) is 0 Å². The summed E-state index contributed by atoms with van der Waals surface area (Å²) in [5, 5.41) is 2.83. The zero-order valence-corrected chi connectivity index (χ0v) is 11.5. The molecule has 2 aromatic rings. The lowest BCUT2D eigenvalue weighted by atomic mass is 10.1. The van der Waals surface area contributed by atoms with Gasteiger partial charge in [0.1, 0.15) is 5.82 Å². The first kappa shape index (κ1) is 14.1. The number of hydrogen-bond donors (Lipinski definition) is 2. The monoisotopic (exact) mass is 272 g/mol. The van der Waals surface area contributed by atoms with Crippen LogP contribution in [0.5, 0.6) is 0 Å². The highest BCUT2D eigenvalue weighted by molar-refractivity contribution is 5.95. The molecule has 0 bridgehead atoms. The van der Waals surface area contributed by atoms with Gasteiger partial charge in [-0.2, -0.15) is 0 Å². The molecule has 0 spiro atoms. The molecule has 2 rings (SSSR count). The normalized spacial score (nSPS) is 11.9. The maximum Gasteiger partial charge on any atom is 0.251 e. The largest absolute Gasteiger partial charge is 0.398 e. The number of anilines is 1. The van der Waals surface area contributed by atoms with Crippen molar-refractivity contribution in [3.05, 3.63) is 65.0 Å². The number of halogens is 1. The second-order valence-electron chi connectivity index (χ2n) is 4.82. The van der Waals surface area contributed by atoms with Crippen LogP contribution < -0.4 is 11.1 Å². The molecule has 1 atom stereocenters. The summed E-state index contributed by atoms with van der Waals surface area (Å²) >= 11 is 0. The van der Waals surface area contributed by atoms with E-state index >= 15 is 0 Å². The number of benzene rings is 2. The third-order valence-corrected chi connectivity index (χ3v) is 3.24. The third-order valence-electron chi connectivity index (χ3n) is 3.24. The summed E-state index contributed by atoms with van der Waals surface area (Å²) in [5.74, 6) is -0.545. The van der Waals surface area contributed by atoms with Crippen LogP contribution in [0.25, 0.3) is 0 Å². The summed E-state index contributed by atoms with van der Waals surface area (Å²) < 4.78 is 13.2. The Hall–Kier alpha value is -2.36. The topological polar surface area (TPSA) is 55.1 Å². The second kappa shape index (κ2) is 5.74. The molecule has 0 saturated carbocycles. The molecule has 1 amide bonds. The Morgan fingerprint density at radius 3 is 2.65 bits per heavy atom. The standard InChI is InChI=1S/C16H17FN2O/c1-10-6-7-13(9-15(10)18)16(20)19-11(2)12-4-3-5-14(17)8-12/h3-9,11H,18H2,1-2H3,(H,19,20)/t11-/m1/s1. The minimum Gasteiger partial charge on any atom is -0.398 e. The van der Waals surface area contributed by atoms with E-state index in [0.717, 1.165) is 11.1 Å². The van der Waals surface area contributed by atoms with E-state index in [2.05, 4.69) is 5.32 Å². The molecule has 20 heavy (non-hydrogen) atoms. The van der Waals surface area contributed by atoms with Gasteiger partial charge in [-0.05, 0) is 49.2 Å². The lowest BCUT2D eigenvalue weighted by Gasteiger charge is -2.15. The predicted molar refractivity (Wildman–Crippen MR) is 77.9 cm³/mol. The molecule has 0 radical (unpaired) electrons. The SMILES string of the molecule is Cc1ccc(C(=O)N[C@H](C)c2cccc(F)c2)cc1N. The molecular weight excluding hydrogens is 255 g/mol. The predicted octanol–water partition coefficient (Wildman–Crippen LogP) is 3.21. The van der Waals surface area contributed by atoms with Crippen LogP contribution in [0.4, 0.5) is 10.1 Å². The van der Waals surface area contributed by atoms with Crippen molar-refractivity contribution in [2.75, 3.05) is 5.73 Å². The van der Waals surface area contributed by atoms with E-state index in [-0.39, 0.29) is 17.8 Å². The fraction of sp³-hybridized carbons (Fsp3) is 0.188. The summed E-state index contributed by atoms with van der Waals surface area (Å²) in [4.78, 5) is 12.1. The van der Waals surface area contributed by atoms with Crippen LogP contribution in [-0.4, -0.2) is 5.91 Å². The van der Waals surface area contributed by atoms with E-state index in [1.54, 1.807) is 30.3 Å². The number of hydrogen-bond acceptors (Lipinski definition) is 2. The minimum atomic E-state index is -0.317. The van der Waals surface area contributed by atoms with Gasteiger partial charge in [-0.15, -0.1) is 0 Å². The van der Waals surface area contributed by atoms with Crippen LogP contribution in [0.3, 0.4) is 0 Å². The summed E-state index contributed by atoms with van der Waals surface area (Å²) in [6.45, 7) is 3.69. The average Bonchev–Trinajstić information content (AvgIpc) is 2.41. The van der Waals surface area contributed by atoms with E-state index in [1.165, 1.54) is 12.1 Å². The van der Waals surface area contributed by atoms with Crippen LogP contribution in [0.2, 0.25) is 0 Å². The summed E-state index contributed by atoms with van der Waals surface area (Å²) in [5.41, 5.74) is 8.52. The molecular formula is C16H17FN2O. The smallest absolute Gasteiger partial charge is 0.251 e. The molecule has 0 aliphatic rings. The average molecular weight is 272 g/mol. The van der Waals surface area contributed by atoms with E-state index in [0.29, 0.717) is 11.3 Å². The molecule has 0 saturated heterocycles. The molecule has 4 heteroatoms. The molecule has 0 fully saturated rings. The highest BCUT2D eigenvalue weighted by Gasteiger charge is 2.12. The zero-order valence-electron chi connectivity index (χ0n) is 11.5. The zero-order chi connectivity index (χ0) is 14.7. The van der Waals surface area contributed by atoms with Crippen molar-refractivity contribution in [1.29, 1.82) is 0 Å². The van der Waals surface area contributed by atoms with Crippen LogP contribution in [0, 0.1) is 12.7 Å². The van der Waals surface area contributed by atoms with Crippen LogP contribution in [-0.2, 0) is 0 Å². The lowest BCUT2D eigenvalue weighted by molar-refractivity contribution is 0.0940. The summed E-state index contributed by atoms with van der Waals surface area (Å²) in [6.07, 6.45) is 0. The van der Waals surface area contributed by atoms with Crippen molar-refractivity contribution in [1.82, 2.24) is 5.32 Å². The number of nitrogens with two attached hydrogens (primary N) is 1. The molecule has 3 N–H and O–H groups in total. The number of carbonyl (C=O) groups is 1. The molecule has 0 heterocycles. The van der Waals surface area contributed by atoms with Gasteiger partial charge in [0.25, 0.3) is 5.91 Å². The highest BCUT2D eigenvalue weighted by atomic mass is 19.1. The molecule has 2 aromatic carbocycles. The Morgan fingerprint density at radius 2 is 2.00 bits per heavy atom. The van der Waals surface area contributed by atoms with Crippen LogP contribution >= 0.6 is 0 Å². The van der Waals surface area contributed by atoms with Gasteiger partial charge in [-0.25, -0.2) is 4.39 Å². The first-order valence-corrected chi connectivity index (χ1v) is 6.40. The Morgan fingerprint density at radius 1 is 1.25 bits per heavy atom. The molecule has 0 aromatic heterocycles. The number of aryl methyl sites for hydroxylation is 1. The van der Waals surface area contributed by atoms with Crippen molar-refractivity contribution >= 4 is 11.6 Å². The number of carbonyl (C=O) groups excluding carboxylic acids is 1. The third kappa shape index (κ3) is 3.15. The van der Waals surface area contributed by atoms with Gasteiger partial charge in [-0.1, -0.05) is 18.2 Å². The van der Waals surface area contributed by atoms with Gasteiger partial charge < -0.3 is 11.1 Å². The van der Waals surface area contributed by atoms with E-state index in [4.69, 9.17) is 5.73 Å². The molecule has 0 aliphatic heterocycles. The molecule has 104 valence electrons. The van der Waals surface area contributed by atoms with Crippen molar-refractivity contribution < 1.29 is 9.18 Å². The Kier molecular flexibility index (Phi) is 4.03. The maximum atomic E-state index is 13.2. The minimum absolute atomic E-state index is 0.228.